The minimum absolute atomic E-state index is 0.0465. The van der Waals surface area contributed by atoms with Crippen LogP contribution in [0, 0.1) is 6.92 Å². The van der Waals surface area contributed by atoms with Crippen LogP contribution in [0.4, 0.5) is 0 Å². The molecule has 1 heterocycles. The maximum Gasteiger partial charge on any atom is 0.0946 e. The number of nitrogens with zero attached hydrogens (tertiary/aromatic N) is 2. The zero-order valence-corrected chi connectivity index (χ0v) is 15.5. The Morgan fingerprint density at radius 1 is 1.04 bits per heavy atom. The molecule has 0 spiro atoms. The molecule has 0 amide bonds. The zero-order valence-electron chi connectivity index (χ0n) is 13.9. The Morgan fingerprint density at radius 2 is 1.72 bits per heavy atom. The predicted octanol–water partition coefficient (Wildman–Crippen LogP) is 5.36. The highest BCUT2D eigenvalue weighted by atomic mass is 79.9. The highest BCUT2D eigenvalue weighted by molar-refractivity contribution is 9.10. The second-order valence-electron chi connectivity index (χ2n) is 5.96. The zero-order chi connectivity index (χ0) is 17.6. The van der Waals surface area contributed by atoms with E-state index in [4.69, 9.17) is 0 Å². The number of hydrogen-bond donors (Lipinski definition) is 1. The van der Waals surface area contributed by atoms with Gasteiger partial charge in [0.2, 0.25) is 0 Å². The van der Waals surface area contributed by atoms with Crippen LogP contribution in [0.5, 0.6) is 0 Å². The van der Waals surface area contributed by atoms with E-state index in [1.807, 2.05) is 36.4 Å². The van der Waals surface area contributed by atoms with Crippen LogP contribution < -0.4 is 0 Å². The fourth-order valence-electron chi connectivity index (χ4n) is 3.04. The Balaban J connectivity index is 2.05. The van der Waals surface area contributed by atoms with Crippen molar-refractivity contribution < 1.29 is 5.21 Å². The minimum atomic E-state index is -0.0465. The van der Waals surface area contributed by atoms with Crippen LogP contribution in [0.15, 0.2) is 82.7 Å². The molecule has 1 atom stereocenters. The standard InChI is InChI=1S/C21H19BrN2O/c1-15-4-2-3-5-19(15)20(14-16-6-8-18(22)9-7-16)21(24-25)17-10-12-23-13-11-17/h2-13,20,25H,14H2,1H3/b24-21-. The van der Waals surface area contributed by atoms with Gasteiger partial charge in [-0.25, -0.2) is 0 Å². The quantitative estimate of drug-likeness (QED) is 0.359. The van der Waals surface area contributed by atoms with Crippen LogP contribution >= 0.6 is 15.9 Å². The van der Waals surface area contributed by atoms with Crippen molar-refractivity contribution >= 4 is 21.6 Å². The summed E-state index contributed by atoms with van der Waals surface area (Å²) in [7, 11) is 0. The van der Waals surface area contributed by atoms with Gasteiger partial charge in [0.25, 0.3) is 0 Å². The summed E-state index contributed by atoms with van der Waals surface area (Å²) in [6.07, 6.45) is 4.18. The van der Waals surface area contributed by atoms with Gasteiger partial charge in [0.1, 0.15) is 0 Å². The van der Waals surface area contributed by atoms with Crippen LogP contribution in [0.2, 0.25) is 0 Å². The molecule has 25 heavy (non-hydrogen) atoms. The van der Waals surface area contributed by atoms with Crippen LogP contribution in [0.3, 0.4) is 0 Å². The summed E-state index contributed by atoms with van der Waals surface area (Å²) in [6, 6.07) is 20.3. The van der Waals surface area contributed by atoms with Crippen molar-refractivity contribution in [1.82, 2.24) is 4.98 Å². The molecule has 0 bridgehead atoms. The van der Waals surface area contributed by atoms with Gasteiger partial charge < -0.3 is 5.21 Å². The average Bonchev–Trinajstić information content (AvgIpc) is 2.65. The van der Waals surface area contributed by atoms with Crippen molar-refractivity contribution in [1.29, 1.82) is 0 Å². The number of aromatic nitrogens is 1. The molecular formula is C21H19BrN2O. The summed E-state index contributed by atoms with van der Waals surface area (Å²) in [5, 5.41) is 13.5. The van der Waals surface area contributed by atoms with Crippen molar-refractivity contribution in [2.24, 2.45) is 5.16 Å². The highest BCUT2D eigenvalue weighted by Crippen LogP contribution is 2.29. The van der Waals surface area contributed by atoms with Crippen LogP contribution in [0.1, 0.15) is 28.2 Å². The lowest BCUT2D eigenvalue weighted by atomic mass is 9.83. The van der Waals surface area contributed by atoms with Gasteiger partial charge >= 0.3 is 0 Å². The Kier molecular flexibility index (Phi) is 5.61. The number of oxime groups is 1. The number of pyridine rings is 1. The van der Waals surface area contributed by atoms with E-state index in [9.17, 15) is 5.21 Å². The maximum absolute atomic E-state index is 9.78. The third-order valence-corrected chi connectivity index (χ3v) is 4.86. The number of hydrogen-bond acceptors (Lipinski definition) is 3. The molecule has 1 aromatic heterocycles. The smallest absolute Gasteiger partial charge is 0.0946 e. The highest BCUT2D eigenvalue weighted by Gasteiger charge is 2.22. The van der Waals surface area contributed by atoms with Crippen molar-refractivity contribution in [3.8, 4) is 0 Å². The third-order valence-electron chi connectivity index (χ3n) is 4.33. The van der Waals surface area contributed by atoms with Crippen LogP contribution in [-0.2, 0) is 6.42 Å². The van der Waals surface area contributed by atoms with E-state index in [1.54, 1.807) is 12.4 Å². The Bertz CT molecular complexity index is 861. The van der Waals surface area contributed by atoms with Gasteiger partial charge in [0.15, 0.2) is 0 Å². The summed E-state index contributed by atoms with van der Waals surface area (Å²) in [6.45, 7) is 2.09. The molecule has 4 heteroatoms. The number of aryl methyl sites for hydroxylation is 1. The summed E-state index contributed by atoms with van der Waals surface area (Å²) in [5.74, 6) is -0.0465. The third kappa shape index (κ3) is 4.15. The Labute approximate surface area is 156 Å². The average molecular weight is 395 g/mol. The molecule has 0 fully saturated rings. The lowest BCUT2D eigenvalue weighted by Gasteiger charge is -2.21. The van der Waals surface area contributed by atoms with Crippen LogP contribution in [0.25, 0.3) is 0 Å². The van der Waals surface area contributed by atoms with Gasteiger partial charge in [-0.15, -0.1) is 0 Å². The number of halogens is 1. The molecule has 3 aromatic rings. The molecule has 3 rings (SSSR count). The minimum Gasteiger partial charge on any atom is -0.411 e. The SMILES string of the molecule is Cc1ccccc1C(Cc1ccc(Br)cc1)/C(=N\O)c1ccncc1. The first-order chi connectivity index (χ1) is 12.2. The second kappa shape index (κ2) is 8.08. The summed E-state index contributed by atoms with van der Waals surface area (Å²) in [4.78, 5) is 4.06. The van der Waals surface area contributed by atoms with E-state index in [-0.39, 0.29) is 5.92 Å². The molecular weight excluding hydrogens is 376 g/mol. The monoisotopic (exact) mass is 394 g/mol. The van der Waals surface area contributed by atoms with Gasteiger partial charge in [-0.2, -0.15) is 0 Å². The van der Waals surface area contributed by atoms with Crippen LogP contribution in [-0.4, -0.2) is 15.9 Å². The second-order valence-corrected chi connectivity index (χ2v) is 6.88. The first kappa shape index (κ1) is 17.4. The molecule has 126 valence electrons. The molecule has 0 aliphatic carbocycles. The molecule has 0 aliphatic heterocycles. The molecule has 2 aromatic carbocycles. The fourth-order valence-corrected chi connectivity index (χ4v) is 3.30. The van der Waals surface area contributed by atoms with Crippen molar-refractivity contribution in [3.05, 3.63) is 99.8 Å². The summed E-state index contributed by atoms with van der Waals surface area (Å²) < 4.78 is 1.05. The Hall–Kier alpha value is -2.46. The summed E-state index contributed by atoms with van der Waals surface area (Å²) in [5.41, 5.74) is 5.06. The fraction of sp³-hybridized carbons (Fsp3) is 0.143. The molecule has 1 unspecified atom stereocenters. The number of benzene rings is 2. The Morgan fingerprint density at radius 3 is 2.36 bits per heavy atom. The van der Waals surface area contributed by atoms with Gasteiger partial charge in [0.05, 0.1) is 5.71 Å². The van der Waals surface area contributed by atoms with E-state index in [1.165, 1.54) is 11.1 Å². The van der Waals surface area contributed by atoms with Crippen molar-refractivity contribution in [3.63, 3.8) is 0 Å². The first-order valence-corrected chi connectivity index (χ1v) is 8.90. The van der Waals surface area contributed by atoms with E-state index in [0.29, 0.717) is 5.71 Å². The van der Waals surface area contributed by atoms with E-state index < -0.39 is 0 Å². The summed E-state index contributed by atoms with van der Waals surface area (Å²) >= 11 is 3.48. The molecule has 3 nitrogen and oxygen atoms in total. The lowest BCUT2D eigenvalue weighted by Crippen LogP contribution is -2.18. The van der Waals surface area contributed by atoms with Gasteiger partial charge in [-0.3, -0.25) is 4.98 Å². The first-order valence-electron chi connectivity index (χ1n) is 8.11. The topological polar surface area (TPSA) is 45.5 Å². The molecule has 0 saturated heterocycles. The van der Waals surface area contributed by atoms with E-state index in [0.717, 1.165) is 22.0 Å². The van der Waals surface area contributed by atoms with E-state index >= 15 is 0 Å². The van der Waals surface area contributed by atoms with Gasteiger partial charge in [0, 0.05) is 28.3 Å². The normalized spacial score (nSPS) is 12.8. The maximum atomic E-state index is 9.78. The lowest BCUT2D eigenvalue weighted by molar-refractivity contribution is 0.317. The molecule has 0 radical (unpaired) electrons. The van der Waals surface area contributed by atoms with E-state index in [2.05, 4.69) is 57.3 Å². The molecule has 1 N–H and O–H groups in total. The molecule has 0 saturated carbocycles. The predicted molar refractivity (Wildman–Crippen MR) is 104 cm³/mol. The van der Waals surface area contributed by atoms with Crippen molar-refractivity contribution in [2.75, 3.05) is 0 Å². The van der Waals surface area contributed by atoms with Gasteiger partial charge in [-0.1, -0.05) is 57.5 Å². The number of rotatable bonds is 5. The largest absolute Gasteiger partial charge is 0.411 e. The van der Waals surface area contributed by atoms with Crippen molar-refractivity contribution in [2.45, 2.75) is 19.3 Å². The van der Waals surface area contributed by atoms with Gasteiger partial charge in [-0.05, 0) is 54.3 Å². The molecule has 0 aliphatic rings.